The molecule has 0 aliphatic rings. The van der Waals surface area contributed by atoms with E-state index in [-0.39, 0.29) is 17.9 Å². The number of carbonyl (C=O) groups is 1. The van der Waals surface area contributed by atoms with E-state index in [1.54, 1.807) is 37.3 Å². The highest BCUT2D eigenvalue weighted by atomic mass is 35.5. The fraction of sp³-hybridized carbons (Fsp3) is 0.208. The number of ether oxygens (including phenoxy) is 1. The molecule has 3 aromatic carbocycles. The fourth-order valence-corrected chi connectivity index (χ4v) is 4.63. The van der Waals surface area contributed by atoms with Crippen LogP contribution >= 0.6 is 11.6 Å². The minimum Gasteiger partial charge on any atom is -0.496 e. The lowest BCUT2D eigenvalue weighted by Crippen LogP contribution is -2.47. The first kappa shape index (κ1) is 23.8. The van der Waals surface area contributed by atoms with Crippen molar-refractivity contribution >= 4 is 27.5 Å². The number of amides is 1. The van der Waals surface area contributed by atoms with Gasteiger partial charge >= 0.3 is 0 Å². The molecule has 0 aliphatic heterocycles. The molecule has 3 aromatic rings. The Balaban J connectivity index is 1.80. The zero-order chi connectivity index (χ0) is 23.1. The summed E-state index contributed by atoms with van der Waals surface area (Å²) in [6.45, 7) is 2.02. The van der Waals surface area contributed by atoms with E-state index in [0.29, 0.717) is 16.3 Å². The molecule has 0 spiro atoms. The van der Waals surface area contributed by atoms with Crippen molar-refractivity contribution < 1.29 is 17.9 Å². The van der Waals surface area contributed by atoms with Crippen LogP contribution in [0.2, 0.25) is 5.02 Å². The molecule has 32 heavy (non-hydrogen) atoms. The van der Waals surface area contributed by atoms with Crippen LogP contribution in [0.1, 0.15) is 16.7 Å². The standard InChI is InChI=1S/C24H25ClN2O4S/c1-17-14-21(12-13-23(17)31-2)32(29,30)27-22(15-18-6-4-3-5-7-18)24(28)26-16-19-8-10-20(25)11-9-19/h3-14,22,27H,15-16H2,1-2H3,(H,26,28). The van der Waals surface area contributed by atoms with Crippen molar-refractivity contribution in [2.75, 3.05) is 7.11 Å². The maximum Gasteiger partial charge on any atom is 0.241 e. The van der Waals surface area contributed by atoms with E-state index in [9.17, 15) is 13.2 Å². The molecular weight excluding hydrogens is 448 g/mol. The number of hydrogen-bond donors (Lipinski definition) is 2. The Morgan fingerprint density at radius 1 is 1.00 bits per heavy atom. The number of carbonyl (C=O) groups excluding carboxylic acids is 1. The van der Waals surface area contributed by atoms with Gasteiger partial charge in [-0.2, -0.15) is 4.72 Å². The molecule has 8 heteroatoms. The number of aryl methyl sites for hydroxylation is 1. The monoisotopic (exact) mass is 472 g/mol. The molecule has 0 heterocycles. The van der Waals surface area contributed by atoms with Gasteiger partial charge in [-0.3, -0.25) is 4.79 Å². The first-order valence-corrected chi connectivity index (χ1v) is 11.9. The Hall–Kier alpha value is -2.87. The lowest BCUT2D eigenvalue weighted by Gasteiger charge is -2.19. The number of halogens is 1. The van der Waals surface area contributed by atoms with E-state index in [4.69, 9.17) is 16.3 Å². The van der Waals surface area contributed by atoms with Gasteiger partial charge in [0, 0.05) is 11.6 Å². The topological polar surface area (TPSA) is 84.5 Å². The summed E-state index contributed by atoms with van der Waals surface area (Å²) in [5.41, 5.74) is 2.38. The first-order chi connectivity index (χ1) is 15.3. The third-order valence-corrected chi connectivity index (χ3v) is 6.67. The number of nitrogens with one attached hydrogen (secondary N) is 2. The molecule has 0 fully saturated rings. The van der Waals surface area contributed by atoms with Gasteiger partial charge < -0.3 is 10.1 Å². The third-order valence-electron chi connectivity index (χ3n) is 4.95. The highest BCUT2D eigenvalue weighted by Gasteiger charge is 2.26. The Morgan fingerprint density at radius 2 is 1.69 bits per heavy atom. The lowest BCUT2D eigenvalue weighted by atomic mass is 10.1. The molecule has 0 radical (unpaired) electrons. The van der Waals surface area contributed by atoms with Crippen molar-refractivity contribution in [2.24, 2.45) is 0 Å². The number of hydrogen-bond acceptors (Lipinski definition) is 4. The molecule has 1 unspecified atom stereocenters. The Labute approximate surface area is 193 Å². The Kier molecular flexibility index (Phi) is 7.90. The second kappa shape index (κ2) is 10.6. The van der Waals surface area contributed by atoms with Crippen molar-refractivity contribution in [1.82, 2.24) is 10.0 Å². The zero-order valence-electron chi connectivity index (χ0n) is 17.8. The Morgan fingerprint density at radius 3 is 2.31 bits per heavy atom. The summed E-state index contributed by atoms with van der Waals surface area (Å²) >= 11 is 5.90. The molecular formula is C24H25ClN2O4S. The lowest BCUT2D eigenvalue weighted by molar-refractivity contribution is -0.122. The van der Waals surface area contributed by atoms with Crippen LogP contribution in [0, 0.1) is 6.92 Å². The van der Waals surface area contributed by atoms with Gasteiger partial charge in [-0.05, 0) is 60.4 Å². The fourth-order valence-electron chi connectivity index (χ4n) is 3.23. The number of sulfonamides is 1. The van der Waals surface area contributed by atoms with Crippen LogP contribution in [0.25, 0.3) is 0 Å². The number of benzene rings is 3. The van der Waals surface area contributed by atoms with Gasteiger partial charge in [-0.25, -0.2) is 8.42 Å². The zero-order valence-corrected chi connectivity index (χ0v) is 19.4. The second-order valence-electron chi connectivity index (χ2n) is 7.34. The van der Waals surface area contributed by atoms with Crippen molar-refractivity contribution in [3.8, 4) is 5.75 Å². The van der Waals surface area contributed by atoms with Crippen molar-refractivity contribution in [3.05, 3.63) is 94.5 Å². The SMILES string of the molecule is COc1ccc(S(=O)(=O)NC(Cc2ccccc2)C(=O)NCc2ccc(Cl)cc2)cc1C. The minimum atomic E-state index is -3.94. The predicted octanol–water partition coefficient (Wildman–Crippen LogP) is 3.86. The molecule has 1 atom stereocenters. The average molecular weight is 473 g/mol. The molecule has 0 saturated heterocycles. The van der Waals surface area contributed by atoms with Crippen LogP contribution in [0.3, 0.4) is 0 Å². The van der Waals surface area contributed by atoms with Gasteiger partial charge in [-0.15, -0.1) is 0 Å². The maximum atomic E-state index is 13.1. The Bertz CT molecular complexity index is 1170. The molecule has 168 valence electrons. The predicted molar refractivity (Wildman–Crippen MR) is 125 cm³/mol. The summed E-state index contributed by atoms with van der Waals surface area (Å²) in [7, 11) is -2.42. The van der Waals surface area contributed by atoms with Gasteiger partial charge in [0.05, 0.1) is 12.0 Å². The van der Waals surface area contributed by atoms with Gasteiger partial charge in [0.25, 0.3) is 0 Å². The van der Waals surface area contributed by atoms with Crippen LogP contribution in [0.15, 0.2) is 77.7 Å². The molecule has 2 N–H and O–H groups in total. The summed E-state index contributed by atoms with van der Waals surface area (Å²) in [4.78, 5) is 13.0. The highest BCUT2D eigenvalue weighted by molar-refractivity contribution is 7.89. The average Bonchev–Trinajstić information content (AvgIpc) is 2.78. The van der Waals surface area contributed by atoms with Gasteiger partial charge in [0.15, 0.2) is 0 Å². The number of methoxy groups -OCH3 is 1. The maximum absolute atomic E-state index is 13.1. The van der Waals surface area contributed by atoms with Crippen LogP contribution in [-0.4, -0.2) is 27.5 Å². The molecule has 0 aliphatic carbocycles. The highest BCUT2D eigenvalue weighted by Crippen LogP contribution is 2.21. The first-order valence-electron chi connectivity index (χ1n) is 10.0. The quantitative estimate of drug-likeness (QED) is 0.495. The van der Waals surface area contributed by atoms with E-state index in [2.05, 4.69) is 10.0 Å². The van der Waals surface area contributed by atoms with E-state index in [0.717, 1.165) is 11.1 Å². The van der Waals surface area contributed by atoms with Gasteiger partial charge in [-0.1, -0.05) is 54.1 Å². The molecule has 0 bridgehead atoms. The summed E-state index contributed by atoms with van der Waals surface area (Å²) < 4.78 is 33.9. The van der Waals surface area contributed by atoms with Crippen molar-refractivity contribution in [1.29, 1.82) is 0 Å². The van der Waals surface area contributed by atoms with E-state index < -0.39 is 22.0 Å². The van der Waals surface area contributed by atoms with Crippen molar-refractivity contribution in [2.45, 2.75) is 30.8 Å². The van der Waals surface area contributed by atoms with E-state index in [1.807, 2.05) is 30.3 Å². The van der Waals surface area contributed by atoms with Crippen LogP contribution in [-0.2, 0) is 27.8 Å². The second-order valence-corrected chi connectivity index (χ2v) is 9.49. The van der Waals surface area contributed by atoms with Crippen molar-refractivity contribution in [3.63, 3.8) is 0 Å². The van der Waals surface area contributed by atoms with Crippen LogP contribution in [0.4, 0.5) is 0 Å². The smallest absolute Gasteiger partial charge is 0.241 e. The molecule has 0 saturated carbocycles. The minimum absolute atomic E-state index is 0.0689. The van der Waals surface area contributed by atoms with E-state index >= 15 is 0 Å². The van der Waals surface area contributed by atoms with Gasteiger partial charge in [0.1, 0.15) is 11.8 Å². The van der Waals surface area contributed by atoms with Gasteiger partial charge in [0.2, 0.25) is 15.9 Å². The molecule has 0 aromatic heterocycles. The summed E-state index contributed by atoms with van der Waals surface area (Å²) in [6, 6.07) is 19.9. The summed E-state index contributed by atoms with van der Waals surface area (Å²) in [5, 5.41) is 3.41. The normalized spacial score (nSPS) is 12.2. The molecule has 1 amide bonds. The van der Waals surface area contributed by atoms with Crippen LogP contribution in [0.5, 0.6) is 5.75 Å². The van der Waals surface area contributed by atoms with E-state index in [1.165, 1.54) is 19.2 Å². The van der Waals surface area contributed by atoms with Crippen LogP contribution < -0.4 is 14.8 Å². The molecule has 3 rings (SSSR count). The number of rotatable bonds is 9. The third kappa shape index (κ3) is 6.32. The molecule has 6 nitrogen and oxygen atoms in total. The summed E-state index contributed by atoms with van der Waals surface area (Å²) in [6.07, 6.45) is 0.210. The summed E-state index contributed by atoms with van der Waals surface area (Å²) in [5.74, 6) is 0.170. The largest absolute Gasteiger partial charge is 0.496 e.